The molecule has 1 N–H and O–H groups in total. The second-order valence-electron chi connectivity index (χ2n) is 6.22. The molecule has 0 saturated heterocycles. The van der Waals surface area contributed by atoms with E-state index in [2.05, 4.69) is 10.3 Å². The molecule has 1 aliphatic carbocycles. The van der Waals surface area contributed by atoms with Gasteiger partial charge in [-0.1, -0.05) is 20.8 Å². The molecule has 1 aromatic heterocycles. The van der Waals surface area contributed by atoms with Crippen LogP contribution in [0.15, 0.2) is 5.38 Å². The highest BCUT2D eigenvalue weighted by molar-refractivity contribution is 7.13. The molecule has 0 radical (unpaired) electrons. The minimum atomic E-state index is -1.08. The molecule has 6 heteroatoms. The normalized spacial score (nSPS) is 28.3. The number of aryl methyl sites for hydroxylation is 1. The Morgan fingerprint density at radius 1 is 1.45 bits per heavy atom. The lowest BCUT2D eigenvalue weighted by Gasteiger charge is -2.41. The molecule has 0 spiro atoms. The summed E-state index contributed by atoms with van der Waals surface area (Å²) in [6, 6.07) is 0. The van der Waals surface area contributed by atoms with Crippen LogP contribution in [0.25, 0.3) is 0 Å². The first-order valence-electron chi connectivity index (χ1n) is 6.63. The van der Waals surface area contributed by atoms with Gasteiger partial charge in [-0.3, -0.25) is 4.79 Å². The maximum atomic E-state index is 12.4. The molecule has 1 amide bonds. The Balaban J connectivity index is 2.18. The summed E-state index contributed by atoms with van der Waals surface area (Å²) in [4.78, 5) is 28.0. The Morgan fingerprint density at radius 3 is 2.55 bits per heavy atom. The molecule has 2 atom stereocenters. The van der Waals surface area contributed by atoms with Gasteiger partial charge in [-0.2, -0.15) is 0 Å². The predicted molar refractivity (Wildman–Crippen MR) is 75.1 cm³/mol. The number of nitrogens with one attached hydrogen (secondary N) is 1. The molecule has 0 unspecified atom stereocenters. The van der Waals surface area contributed by atoms with Crippen molar-refractivity contribution in [3.8, 4) is 0 Å². The number of aliphatic carboxylic acids is 1. The van der Waals surface area contributed by atoms with Crippen molar-refractivity contribution < 1.29 is 14.7 Å². The van der Waals surface area contributed by atoms with Crippen LogP contribution in [0.3, 0.4) is 0 Å². The van der Waals surface area contributed by atoms with Gasteiger partial charge in [-0.05, 0) is 25.2 Å². The van der Waals surface area contributed by atoms with E-state index in [1.54, 1.807) is 6.92 Å². The van der Waals surface area contributed by atoms with E-state index in [4.69, 9.17) is 0 Å². The molecule has 1 aliphatic rings. The van der Waals surface area contributed by atoms with E-state index in [1.165, 1.54) is 11.3 Å². The fourth-order valence-corrected chi connectivity index (χ4v) is 3.62. The average Bonchev–Trinajstić information content (AvgIpc) is 2.83. The van der Waals surface area contributed by atoms with Crippen molar-refractivity contribution in [2.45, 2.75) is 40.5 Å². The number of carboxylic acids is 1. The molecule has 0 bridgehead atoms. The minimum Gasteiger partial charge on any atom is -0.550 e. The SMILES string of the molecule is Cc1csc(NC(=O)[C@@H]2CC[C@](C)(C(=O)[O-])C2(C)C)n1. The van der Waals surface area contributed by atoms with Crippen molar-refractivity contribution in [2.24, 2.45) is 16.7 Å². The van der Waals surface area contributed by atoms with Crippen molar-refractivity contribution in [3.05, 3.63) is 11.1 Å². The van der Waals surface area contributed by atoms with E-state index in [0.29, 0.717) is 18.0 Å². The van der Waals surface area contributed by atoms with Gasteiger partial charge < -0.3 is 15.2 Å². The van der Waals surface area contributed by atoms with Crippen molar-refractivity contribution >= 4 is 28.3 Å². The first-order chi connectivity index (χ1) is 9.18. The molecule has 5 nitrogen and oxygen atoms in total. The highest BCUT2D eigenvalue weighted by Gasteiger charge is 2.54. The van der Waals surface area contributed by atoms with Gasteiger partial charge in [0.1, 0.15) is 0 Å². The molecule has 1 fully saturated rings. The highest BCUT2D eigenvalue weighted by atomic mass is 32.1. The third-order valence-corrected chi connectivity index (χ3v) is 5.72. The third-order valence-electron chi connectivity index (χ3n) is 4.84. The van der Waals surface area contributed by atoms with Crippen LogP contribution in [0.2, 0.25) is 0 Å². The second kappa shape index (κ2) is 4.84. The molecule has 1 saturated carbocycles. The van der Waals surface area contributed by atoms with Crippen LogP contribution in [0, 0.1) is 23.7 Å². The van der Waals surface area contributed by atoms with E-state index in [-0.39, 0.29) is 11.8 Å². The quantitative estimate of drug-likeness (QED) is 0.918. The summed E-state index contributed by atoms with van der Waals surface area (Å²) in [5.74, 6) is -1.59. The molecule has 0 aliphatic heterocycles. The summed E-state index contributed by atoms with van der Waals surface area (Å²) < 4.78 is 0. The zero-order valence-electron chi connectivity index (χ0n) is 12.1. The lowest BCUT2D eigenvalue weighted by atomic mass is 9.65. The number of carboxylic acid groups (broad SMARTS) is 1. The molecule has 1 heterocycles. The number of rotatable bonds is 3. The first-order valence-corrected chi connectivity index (χ1v) is 7.51. The van der Waals surface area contributed by atoms with Crippen molar-refractivity contribution in [3.63, 3.8) is 0 Å². The van der Waals surface area contributed by atoms with E-state index in [1.807, 2.05) is 26.2 Å². The zero-order valence-corrected chi connectivity index (χ0v) is 13.0. The van der Waals surface area contributed by atoms with Crippen LogP contribution in [0.5, 0.6) is 0 Å². The summed E-state index contributed by atoms with van der Waals surface area (Å²) in [7, 11) is 0. The minimum absolute atomic E-state index is 0.158. The molecule has 20 heavy (non-hydrogen) atoms. The average molecular weight is 295 g/mol. The standard InChI is InChI=1S/C14H20N2O3S/c1-8-7-20-12(15-8)16-10(17)9-5-6-14(4,11(18)19)13(9,2)3/h7,9H,5-6H2,1-4H3,(H,18,19)(H,15,16,17)/p-1/t9-,14+/m0/s1. The van der Waals surface area contributed by atoms with Crippen LogP contribution < -0.4 is 10.4 Å². The Hall–Kier alpha value is -1.43. The van der Waals surface area contributed by atoms with E-state index < -0.39 is 16.8 Å². The monoisotopic (exact) mass is 295 g/mol. The molecule has 2 rings (SSSR count). The topological polar surface area (TPSA) is 82.1 Å². The Labute approximate surface area is 122 Å². The van der Waals surface area contributed by atoms with Gasteiger partial charge >= 0.3 is 0 Å². The van der Waals surface area contributed by atoms with Gasteiger partial charge in [0.25, 0.3) is 0 Å². The fraction of sp³-hybridized carbons (Fsp3) is 0.643. The van der Waals surface area contributed by atoms with Gasteiger partial charge in [0.15, 0.2) is 5.13 Å². The summed E-state index contributed by atoms with van der Waals surface area (Å²) in [5.41, 5.74) is -0.772. The first kappa shape index (κ1) is 15.0. The fourth-order valence-electron chi connectivity index (χ4n) is 2.93. The Morgan fingerprint density at radius 2 is 2.10 bits per heavy atom. The predicted octanol–water partition coefficient (Wildman–Crippen LogP) is 1.58. The zero-order chi connectivity index (χ0) is 15.1. The van der Waals surface area contributed by atoms with E-state index >= 15 is 0 Å². The summed E-state index contributed by atoms with van der Waals surface area (Å²) in [6.07, 6.45) is 1.00. The van der Waals surface area contributed by atoms with Gasteiger partial charge in [-0.15, -0.1) is 11.3 Å². The van der Waals surface area contributed by atoms with Crippen molar-refractivity contribution in [1.29, 1.82) is 0 Å². The number of carbonyl (C=O) groups is 2. The van der Waals surface area contributed by atoms with Gasteiger partial charge in [0.2, 0.25) is 5.91 Å². The number of nitrogens with zero attached hydrogens (tertiary/aromatic N) is 1. The van der Waals surface area contributed by atoms with Crippen LogP contribution >= 0.6 is 11.3 Å². The second-order valence-corrected chi connectivity index (χ2v) is 7.07. The van der Waals surface area contributed by atoms with Crippen molar-refractivity contribution in [1.82, 2.24) is 4.98 Å². The number of carbonyl (C=O) groups excluding carboxylic acids is 2. The highest BCUT2D eigenvalue weighted by Crippen LogP contribution is 2.55. The maximum Gasteiger partial charge on any atom is 0.229 e. The molecular weight excluding hydrogens is 276 g/mol. The molecule has 110 valence electrons. The summed E-state index contributed by atoms with van der Waals surface area (Å²) >= 11 is 1.37. The lowest BCUT2D eigenvalue weighted by Crippen LogP contribution is -2.49. The van der Waals surface area contributed by atoms with Crippen LogP contribution in [-0.4, -0.2) is 16.9 Å². The van der Waals surface area contributed by atoms with Gasteiger partial charge in [-0.25, -0.2) is 4.98 Å². The van der Waals surface area contributed by atoms with Gasteiger partial charge in [0.05, 0.1) is 5.69 Å². The number of amides is 1. The number of aromatic nitrogens is 1. The van der Waals surface area contributed by atoms with E-state index in [9.17, 15) is 14.7 Å². The lowest BCUT2D eigenvalue weighted by molar-refractivity contribution is -0.323. The van der Waals surface area contributed by atoms with Crippen molar-refractivity contribution in [2.75, 3.05) is 5.32 Å². The molecule has 1 aromatic rings. The Kier molecular flexibility index (Phi) is 3.62. The third kappa shape index (κ3) is 2.22. The summed E-state index contributed by atoms with van der Waals surface area (Å²) in [5, 5.41) is 16.6. The van der Waals surface area contributed by atoms with E-state index in [0.717, 1.165) is 5.69 Å². The van der Waals surface area contributed by atoms with Crippen LogP contribution in [0.4, 0.5) is 5.13 Å². The largest absolute Gasteiger partial charge is 0.550 e. The maximum absolute atomic E-state index is 12.4. The number of thiazole rings is 1. The van der Waals surface area contributed by atoms with Gasteiger partial charge in [0, 0.05) is 22.7 Å². The smallest absolute Gasteiger partial charge is 0.229 e. The molecular formula is C14H19N2O3S-. The Bertz CT molecular complexity index is 552. The summed E-state index contributed by atoms with van der Waals surface area (Å²) in [6.45, 7) is 7.18. The van der Waals surface area contributed by atoms with Crippen LogP contribution in [0.1, 0.15) is 39.3 Å². The van der Waals surface area contributed by atoms with Crippen LogP contribution in [-0.2, 0) is 9.59 Å². The molecule has 0 aromatic carbocycles. The number of hydrogen-bond acceptors (Lipinski definition) is 5. The number of anilines is 1. The number of hydrogen-bond donors (Lipinski definition) is 1.